The average molecular weight is 486 g/mol. The molecule has 0 amide bonds. The van der Waals surface area contributed by atoms with Crippen molar-refractivity contribution in [2.45, 2.75) is 51.0 Å². The molecule has 0 spiro atoms. The Bertz CT molecular complexity index is 1250. The number of nitrogens with zero attached hydrogens (tertiary/aromatic N) is 5. The molecule has 2 heterocycles. The molecule has 1 aromatic carbocycles. The van der Waals surface area contributed by atoms with Crippen LogP contribution in [0.5, 0.6) is 0 Å². The Morgan fingerprint density at radius 1 is 1.15 bits per heavy atom. The van der Waals surface area contributed by atoms with Crippen LogP contribution < -0.4 is 17.0 Å². The third kappa shape index (κ3) is 5.48. The Morgan fingerprint density at radius 3 is 2.47 bits per heavy atom. The van der Waals surface area contributed by atoms with Gasteiger partial charge in [-0.05, 0) is 32.5 Å². The van der Waals surface area contributed by atoms with Gasteiger partial charge in [0.2, 0.25) is 0 Å². The molecule has 10 nitrogen and oxygen atoms in total. The first-order chi connectivity index (χ1) is 16.3. The van der Waals surface area contributed by atoms with Gasteiger partial charge in [-0.2, -0.15) is 0 Å². The van der Waals surface area contributed by atoms with Gasteiger partial charge in [-0.1, -0.05) is 55.9 Å². The highest BCUT2D eigenvalue weighted by Crippen LogP contribution is 2.26. The molecular formula is C23H31N7O3S. The topological polar surface area (TPSA) is 132 Å². The summed E-state index contributed by atoms with van der Waals surface area (Å²) < 4.78 is 3.23. The van der Waals surface area contributed by atoms with Gasteiger partial charge < -0.3 is 10.3 Å². The zero-order chi connectivity index (χ0) is 24.8. The second-order valence-electron chi connectivity index (χ2n) is 8.18. The molecule has 34 heavy (non-hydrogen) atoms. The van der Waals surface area contributed by atoms with E-state index in [1.54, 1.807) is 0 Å². The molecule has 0 aliphatic carbocycles. The van der Waals surface area contributed by atoms with Crippen molar-refractivity contribution in [2.24, 2.45) is 0 Å². The minimum Gasteiger partial charge on any atom is -0.384 e. The van der Waals surface area contributed by atoms with Crippen LogP contribution in [0.15, 0.2) is 45.1 Å². The number of H-pyrrole nitrogens is 1. The van der Waals surface area contributed by atoms with Crippen LogP contribution in [0.2, 0.25) is 0 Å². The lowest BCUT2D eigenvalue weighted by atomic mass is 10.2. The summed E-state index contributed by atoms with van der Waals surface area (Å²) in [5.41, 5.74) is 5.54. The van der Waals surface area contributed by atoms with Gasteiger partial charge in [-0.3, -0.25) is 24.0 Å². The number of nitrogens with two attached hydrogens (primary N) is 1. The first kappa shape index (κ1) is 25.4. The first-order valence-corrected chi connectivity index (χ1v) is 12.2. The van der Waals surface area contributed by atoms with Crippen LogP contribution in [0.3, 0.4) is 0 Å². The fourth-order valence-corrected chi connectivity index (χ4v) is 4.67. The van der Waals surface area contributed by atoms with E-state index in [9.17, 15) is 14.4 Å². The molecule has 1 unspecified atom stereocenters. The number of benzene rings is 1. The van der Waals surface area contributed by atoms with Gasteiger partial charge >= 0.3 is 5.69 Å². The highest BCUT2D eigenvalue weighted by atomic mass is 32.2. The van der Waals surface area contributed by atoms with E-state index in [0.29, 0.717) is 24.7 Å². The maximum atomic E-state index is 13.0. The molecule has 2 aromatic heterocycles. The Hall–Kier alpha value is -3.18. The molecule has 11 heteroatoms. The quantitative estimate of drug-likeness (QED) is 0.312. The molecule has 0 fully saturated rings. The van der Waals surface area contributed by atoms with Crippen LogP contribution in [0, 0.1) is 0 Å². The molecular weight excluding hydrogens is 454 g/mol. The first-order valence-electron chi connectivity index (χ1n) is 11.2. The number of carbonyl (C=O) groups is 1. The van der Waals surface area contributed by atoms with Crippen molar-refractivity contribution in [3.63, 3.8) is 0 Å². The molecule has 3 aromatic rings. The van der Waals surface area contributed by atoms with Gasteiger partial charge in [0.05, 0.1) is 18.3 Å². The number of nitrogen functional groups attached to an aromatic ring is 1. The number of thioether (sulfide) groups is 1. The second kappa shape index (κ2) is 11.3. The van der Waals surface area contributed by atoms with Crippen LogP contribution in [-0.4, -0.2) is 54.8 Å². The van der Waals surface area contributed by atoms with Gasteiger partial charge in [-0.15, -0.1) is 10.2 Å². The predicted molar refractivity (Wildman–Crippen MR) is 133 cm³/mol. The van der Waals surface area contributed by atoms with Crippen molar-refractivity contribution in [3.05, 3.63) is 68.1 Å². The Kier molecular flexibility index (Phi) is 8.46. The number of hydrogen-bond donors (Lipinski definition) is 2. The zero-order valence-corrected chi connectivity index (χ0v) is 20.8. The van der Waals surface area contributed by atoms with Gasteiger partial charge in [0, 0.05) is 6.54 Å². The normalized spacial score (nSPS) is 12.3. The van der Waals surface area contributed by atoms with E-state index in [4.69, 9.17) is 5.73 Å². The zero-order valence-electron chi connectivity index (χ0n) is 19.9. The summed E-state index contributed by atoms with van der Waals surface area (Å²) in [4.78, 5) is 41.7. The van der Waals surface area contributed by atoms with E-state index in [1.807, 2.05) is 55.9 Å². The summed E-state index contributed by atoms with van der Waals surface area (Å²) in [5, 5.41) is 9.38. The number of hydrogen-bond acceptors (Lipinski definition) is 8. The molecule has 3 rings (SSSR count). The van der Waals surface area contributed by atoms with Gasteiger partial charge in [0.15, 0.2) is 16.8 Å². The fraction of sp³-hybridized carbons (Fsp3) is 0.435. The minimum atomic E-state index is -0.773. The Balaban J connectivity index is 1.92. The van der Waals surface area contributed by atoms with Crippen LogP contribution in [-0.2, 0) is 13.1 Å². The third-order valence-corrected chi connectivity index (χ3v) is 6.50. The van der Waals surface area contributed by atoms with E-state index in [0.717, 1.165) is 17.8 Å². The number of aromatic nitrogens is 5. The monoisotopic (exact) mass is 485 g/mol. The van der Waals surface area contributed by atoms with Crippen molar-refractivity contribution in [3.8, 4) is 0 Å². The van der Waals surface area contributed by atoms with Gasteiger partial charge in [0.25, 0.3) is 5.56 Å². The summed E-state index contributed by atoms with van der Waals surface area (Å²) in [6, 6.07) is 10.0. The lowest BCUT2D eigenvalue weighted by molar-refractivity contribution is 0.102. The van der Waals surface area contributed by atoms with Crippen molar-refractivity contribution >= 4 is 23.4 Å². The van der Waals surface area contributed by atoms with Gasteiger partial charge in [0.1, 0.15) is 11.4 Å². The number of Topliss-reactive ketones (excluding diaryl/α,β-unsaturated/α-hetero) is 1. The molecule has 1 atom stereocenters. The SMILES string of the molecule is CCCn1c(N)c(C(=O)CSc2nnc(C(CC)N(C)C)n2Cc2ccccc2)c(=O)[nH]c1=O. The third-order valence-electron chi connectivity index (χ3n) is 5.54. The smallest absolute Gasteiger partial charge is 0.329 e. The fourth-order valence-electron chi connectivity index (χ4n) is 3.85. The van der Waals surface area contributed by atoms with Gasteiger partial charge in [-0.25, -0.2) is 4.79 Å². The maximum Gasteiger partial charge on any atom is 0.329 e. The summed E-state index contributed by atoms with van der Waals surface area (Å²) in [6.07, 6.45) is 1.47. The second-order valence-corrected chi connectivity index (χ2v) is 9.13. The standard InChI is InChI=1S/C23H31N7O3S/c1-5-12-29-19(24)18(21(32)25-22(29)33)17(31)14-34-23-27-26-20(16(6-2)28(3)4)30(23)13-15-10-8-7-9-11-15/h7-11,16H,5-6,12-14,24H2,1-4H3,(H,25,32,33). The molecule has 0 saturated heterocycles. The Labute approximate surface area is 202 Å². The summed E-state index contributed by atoms with van der Waals surface area (Å²) in [5.74, 6) is 0.166. The Morgan fingerprint density at radius 2 is 1.85 bits per heavy atom. The maximum absolute atomic E-state index is 13.0. The highest BCUT2D eigenvalue weighted by molar-refractivity contribution is 7.99. The summed E-state index contributed by atoms with van der Waals surface area (Å²) in [7, 11) is 3.98. The van der Waals surface area contributed by atoms with Crippen LogP contribution in [0.25, 0.3) is 0 Å². The number of ketones is 1. The minimum absolute atomic E-state index is 0.0531. The van der Waals surface area contributed by atoms with Crippen molar-refractivity contribution in [1.29, 1.82) is 0 Å². The lowest BCUT2D eigenvalue weighted by Crippen LogP contribution is -2.36. The number of carbonyl (C=O) groups excluding carboxylic acids is 1. The van der Waals surface area contributed by atoms with E-state index in [2.05, 4.69) is 27.0 Å². The molecule has 0 aliphatic rings. The van der Waals surface area contributed by atoms with Crippen molar-refractivity contribution < 1.29 is 4.79 Å². The van der Waals surface area contributed by atoms with E-state index in [-0.39, 0.29) is 23.2 Å². The van der Waals surface area contributed by atoms with E-state index >= 15 is 0 Å². The molecule has 3 N–H and O–H groups in total. The lowest BCUT2D eigenvalue weighted by Gasteiger charge is -2.23. The summed E-state index contributed by atoms with van der Waals surface area (Å²) in [6.45, 7) is 4.83. The van der Waals surface area contributed by atoms with Crippen molar-refractivity contribution in [1.82, 2.24) is 29.2 Å². The van der Waals surface area contributed by atoms with E-state index < -0.39 is 17.0 Å². The number of aromatic amines is 1. The number of nitrogens with one attached hydrogen (secondary N) is 1. The highest BCUT2D eigenvalue weighted by Gasteiger charge is 2.24. The number of anilines is 1. The van der Waals surface area contributed by atoms with Crippen LogP contribution in [0.1, 0.15) is 54.5 Å². The number of rotatable bonds is 11. The van der Waals surface area contributed by atoms with Crippen molar-refractivity contribution in [2.75, 3.05) is 25.6 Å². The molecule has 182 valence electrons. The molecule has 0 saturated carbocycles. The predicted octanol–water partition coefficient (Wildman–Crippen LogP) is 2.16. The van der Waals surface area contributed by atoms with Crippen LogP contribution >= 0.6 is 11.8 Å². The summed E-state index contributed by atoms with van der Waals surface area (Å²) >= 11 is 1.20. The van der Waals surface area contributed by atoms with E-state index in [1.165, 1.54) is 16.3 Å². The van der Waals surface area contributed by atoms with Crippen LogP contribution in [0.4, 0.5) is 5.82 Å². The molecule has 0 aliphatic heterocycles. The molecule has 0 bridgehead atoms. The average Bonchev–Trinajstić information content (AvgIpc) is 3.18. The largest absolute Gasteiger partial charge is 0.384 e. The molecule has 0 radical (unpaired) electrons.